The predicted octanol–water partition coefficient (Wildman–Crippen LogP) is 0.679. The second kappa shape index (κ2) is 4.32. The summed E-state index contributed by atoms with van der Waals surface area (Å²) in [6, 6.07) is -0.323. The fraction of sp³-hybridized carbons (Fsp3) is 0.786. The van der Waals surface area contributed by atoms with Gasteiger partial charge >= 0.3 is 0 Å². The number of hydrogen-bond donors (Lipinski definition) is 0. The monoisotopic (exact) mass is 266 g/mol. The van der Waals surface area contributed by atoms with Gasteiger partial charge in [-0.3, -0.25) is 14.4 Å². The summed E-state index contributed by atoms with van der Waals surface area (Å²) in [7, 11) is 0. The first kappa shape index (κ1) is 14.0. The number of rotatable bonds is 1. The summed E-state index contributed by atoms with van der Waals surface area (Å²) in [5.74, 6) is 0.150. The van der Waals surface area contributed by atoms with Gasteiger partial charge in [0.1, 0.15) is 0 Å². The Morgan fingerprint density at radius 3 is 2.00 bits per heavy atom. The van der Waals surface area contributed by atoms with Crippen LogP contribution in [0.2, 0.25) is 0 Å². The first-order valence-electron chi connectivity index (χ1n) is 6.73. The molecule has 0 bridgehead atoms. The van der Waals surface area contributed by atoms with Crippen LogP contribution in [0.1, 0.15) is 34.6 Å². The van der Waals surface area contributed by atoms with Crippen LogP contribution >= 0.6 is 0 Å². The van der Waals surface area contributed by atoms with Crippen LogP contribution in [0.25, 0.3) is 0 Å². The maximum absolute atomic E-state index is 12.3. The number of nitrogens with zero attached hydrogens (tertiary/aromatic N) is 2. The Hall–Kier alpha value is -1.39. The molecule has 2 amide bonds. The minimum atomic E-state index is -0.416. The van der Waals surface area contributed by atoms with Gasteiger partial charge in [0.2, 0.25) is 11.8 Å². The average molecular weight is 266 g/mol. The summed E-state index contributed by atoms with van der Waals surface area (Å²) < 4.78 is 0. The third-order valence-electron chi connectivity index (χ3n) is 4.15. The molecule has 3 atom stereocenters. The number of ketones is 1. The number of carbonyl (C=O) groups is 3. The molecule has 2 fully saturated rings. The fourth-order valence-corrected chi connectivity index (χ4v) is 3.18. The van der Waals surface area contributed by atoms with Crippen molar-refractivity contribution in [3.8, 4) is 0 Å². The normalized spacial score (nSPS) is 29.8. The van der Waals surface area contributed by atoms with Gasteiger partial charge in [-0.2, -0.15) is 0 Å². The second-order valence-corrected chi connectivity index (χ2v) is 6.67. The van der Waals surface area contributed by atoms with Crippen molar-refractivity contribution in [1.29, 1.82) is 0 Å². The molecule has 5 heteroatoms. The lowest BCUT2D eigenvalue weighted by atomic mass is 9.82. The van der Waals surface area contributed by atoms with Gasteiger partial charge < -0.3 is 9.80 Å². The predicted molar refractivity (Wildman–Crippen MR) is 70.3 cm³/mol. The van der Waals surface area contributed by atoms with Crippen LogP contribution in [0.4, 0.5) is 0 Å². The Bertz CT molecular complexity index is 438. The van der Waals surface area contributed by atoms with Gasteiger partial charge in [0.05, 0.1) is 12.1 Å². The summed E-state index contributed by atoms with van der Waals surface area (Å²) in [5, 5.41) is 0. The van der Waals surface area contributed by atoms with Crippen LogP contribution in [-0.4, -0.2) is 52.6 Å². The van der Waals surface area contributed by atoms with Crippen molar-refractivity contribution in [2.75, 3.05) is 13.1 Å². The molecule has 2 aliphatic rings. The van der Waals surface area contributed by atoms with Crippen LogP contribution in [0.15, 0.2) is 0 Å². The summed E-state index contributed by atoms with van der Waals surface area (Å²) >= 11 is 0. The van der Waals surface area contributed by atoms with Crippen molar-refractivity contribution < 1.29 is 14.4 Å². The van der Waals surface area contributed by atoms with Crippen molar-refractivity contribution in [2.24, 2.45) is 11.3 Å². The summed E-state index contributed by atoms with van der Waals surface area (Å²) in [6.45, 7) is 9.77. The van der Waals surface area contributed by atoms with Gasteiger partial charge in [0.15, 0.2) is 5.78 Å². The highest BCUT2D eigenvalue weighted by molar-refractivity contribution is 5.89. The van der Waals surface area contributed by atoms with Gasteiger partial charge in [-0.1, -0.05) is 20.8 Å². The first-order chi connectivity index (χ1) is 8.64. The molecular formula is C14H22N2O3. The molecule has 0 radical (unpaired) electrons. The van der Waals surface area contributed by atoms with E-state index in [9.17, 15) is 14.4 Å². The molecule has 5 nitrogen and oxygen atoms in total. The molecule has 2 heterocycles. The zero-order chi connectivity index (χ0) is 14.5. The molecule has 0 spiro atoms. The largest absolute Gasteiger partial charge is 0.337 e. The van der Waals surface area contributed by atoms with Crippen molar-refractivity contribution in [3.05, 3.63) is 0 Å². The lowest BCUT2D eigenvalue weighted by Gasteiger charge is -2.47. The number of fused-ring (bicyclic) bond motifs is 1. The number of Topliss-reactive ketones (excluding diaryl/α,β-unsaturated/α-hetero) is 1. The van der Waals surface area contributed by atoms with Crippen molar-refractivity contribution in [3.63, 3.8) is 0 Å². The molecule has 2 rings (SSSR count). The number of carbonyl (C=O) groups excluding carboxylic acids is 3. The Balaban J connectivity index is 2.16. The molecule has 0 aromatic rings. The number of likely N-dealkylation sites (tertiary alicyclic amines) is 2. The minimum absolute atomic E-state index is 0.0181. The maximum atomic E-state index is 12.3. The molecule has 2 unspecified atom stereocenters. The summed E-state index contributed by atoms with van der Waals surface area (Å²) in [4.78, 5) is 39.1. The van der Waals surface area contributed by atoms with E-state index in [0.717, 1.165) is 0 Å². The van der Waals surface area contributed by atoms with Gasteiger partial charge in [0, 0.05) is 31.3 Å². The molecule has 106 valence electrons. The topological polar surface area (TPSA) is 57.7 Å². The third kappa shape index (κ3) is 2.15. The molecule has 19 heavy (non-hydrogen) atoms. The van der Waals surface area contributed by atoms with E-state index < -0.39 is 5.41 Å². The molecule has 0 aromatic heterocycles. The Morgan fingerprint density at radius 2 is 1.58 bits per heavy atom. The van der Waals surface area contributed by atoms with E-state index >= 15 is 0 Å². The average Bonchev–Trinajstić information content (AvgIpc) is 2.51. The zero-order valence-corrected chi connectivity index (χ0v) is 12.3. The van der Waals surface area contributed by atoms with Gasteiger partial charge in [0.25, 0.3) is 0 Å². The van der Waals surface area contributed by atoms with E-state index in [1.165, 1.54) is 13.8 Å². The molecule has 2 saturated heterocycles. The van der Waals surface area contributed by atoms with E-state index in [2.05, 4.69) is 0 Å². The Labute approximate surface area is 113 Å². The summed E-state index contributed by atoms with van der Waals surface area (Å²) in [5.41, 5.74) is -0.416. The SMILES string of the molecule is CC(=O)[C@@H]1C2CN(C(=O)C(C)(C)C)C2CN1C(C)=O. The fourth-order valence-electron chi connectivity index (χ4n) is 3.18. The van der Waals surface area contributed by atoms with Gasteiger partial charge in [-0.15, -0.1) is 0 Å². The number of amides is 2. The van der Waals surface area contributed by atoms with Crippen LogP contribution in [0.3, 0.4) is 0 Å². The highest BCUT2D eigenvalue weighted by Gasteiger charge is 2.56. The van der Waals surface area contributed by atoms with Gasteiger partial charge in [-0.05, 0) is 6.92 Å². The molecular weight excluding hydrogens is 244 g/mol. The number of hydrogen-bond acceptors (Lipinski definition) is 3. The molecule has 0 saturated carbocycles. The molecule has 0 aromatic carbocycles. The minimum Gasteiger partial charge on any atom is -0.337 e. The van der Waals surface area contributed by atoms with Crippen LogP contribution in [-0.2, 0) is 14.4 Å². The van der Waals surface area contributed by atoms with Crippen LogP contribution in [0.5, 0.6) is 0 Å². The Morgan fingerprint density at radius 1 is 1.00 bits per heavy atom. The third-order valence-corrected chi connectivity index (χ3v) is 4.15. The van der Waals surface area contributed by atoms with E-state index in [4.69, 9.17) is 0 Å². The van der Waals surface area contributed by atoms with Gasteiger partial charge in [-0.25, -0.2) is 0 Å². The van der Waals surface area contributed by atoms with Crippen molar-refractivity contribution >= 4 is 17.6 Å². The van der Waals surface area contributed by atoms with Crippen molar-refractivity contribution in [2.45, 2.75) is 46.7 Å². The van der Waals surface area contributed by atoms with E-state index in [1.807, 2.05) is 25.7 Å². The summed E-state index contributed by atoms with van der Waals surface area (Å²) in [6.07, 6.45) is 0. The molecule has 0 aliphatic carbocycles. The van der Waals surface area contributed by atoms with E-state index in [-0.39, 0.29) is 35.6 Å². The first-order valence-corrected chi connectivity index (χ1v) is 6.73. The lowest BCUT2D eigenvalue weighted by molar-refractivity contribution is -0.151. The van der Waals surface area contributed by atoms with E-state index in [0.29, 0.717) is 13.1 Å². The highest BCUT2D eigenvalue weighted by Crippen LogP contribution is 2.39. The highest BCUT2D eigenvalue weighted by atomic mass is 16.2. The molecule has 0 N–H and O–H groups in total. The second-order valence-electron chi connectivity index (χ2n) is 6.67. The van der Waals surface area contributed by atoms with Crippen molar-refractivity contribution in [1.82, 2.24) is 9.80 Å². The standard InChI is InChI=1S/C14H22N2O3/c1-8(17)12-10-6-16(13(19)14(3,4)5)11(10)7-15(12)9(2)18/h10-12H,6-7H2,1-5H3/t10?,11?,12-/m1/s1. The van der Waals surface area contributed by atoms with E-state index in [1.54, 1.807) is 4.90 Å². The quantitative estimate of drug-likeness (QED) is 0.701. The lowest BCUT2D eigenvalue weighted by Crippen LogP contribution is -2.62. The van der Waals surface area contributed by atoms with Crippen LogP contribution in [0, 0.1) is 11.3 Å². The van der Waals surface area contributed by atoms with Crippen LogP contribution < -0.4 is 0 Å². The maximum Gasteiger partial charge on any atom is 0.228 e. The zero-order valence-electron chi connectivity index (χ0n) is 12.3. The molecule has 2 aliphatic heterocycles. The Kier molecular flexibility index (Phi) is 3.19. The smallest absolute Gasteiger partial charge is 0.228 e.